The van der Waals surface area contributed by atoms with Crippen molar-refractivity contribution in [2.75, 3.05) is 0 Å². The van der Waals surface area contributed by atoms with Crippen LogP contribution in [0.5, 0.6) is 0 Å². The van der Waals surface area contributed by atoms with Gasteiger partial charge in [-0.25, -0.2) is 4.79 Å². The van der Waals surface area contributed by atoms with E-state index in [1.54, 1.807) is 5.37 Å². The maximum atomic E-state index is 9.60. The van der Waals surface area contributed by atoms with Gasteiger partial charge in [-0.3, -0.25) is 0 Å². The third-order valence-electron chi connectivity index (χ3n) is 0.532. The Morgan fingerprint density at radius 1 is 1.90 bits per heavy atom. The van der Waals surface area contributed by atoms with Gasteiger partial charge < -0.3 is 5.11 Å². The van der Waals surface area contributed by atoms with Gasteiger partial charge in [-0.15, -0.1) is 0 Å². The molecular weight excluding hydrogens is 159 g/mol. The first kappa shape index (κ1) is 12.9. The molecule has 0 aromatic heterocycles. The third kappa shape index (κ3) is 15.7. The van der Waals surface area contributed by atoms with Crippen molar-refractivity contribution >= 4 is 51.5 Å². The molecule has 0 bridgehead atoms. The van der Waals surface area contributed by atoms with Crippen molar-refractivity contribution in [3.8, 4) is 0 Å². The molecule has 10 heavy (non-hydrogen) atoms. The molecule has 0 radical (unpaired) electrons. The SMILES string of the molecule is C=C(C)C(=O)O.[Na][CH2]C=S. The molecular formula is C6H9NaO2S. The van der Waals surface area contributed by atoms with Crippen molar-refractivity contribution in [2.45, 2.75) is 10.6 Å². The summed E-state index contributed by atoms with van der Waals surface area (Å²) in [4.78, 5) is 9.60. The fraction of sp³-hybridized carbons (Fsp3) is 0.333. The van der Waals surface area contributed by atoms with Gasteiger partial charge in [-0.1, -0.05) is 6.58 Å². The van der Waals surface area contributed by atoms with Crippen LogP contribution in [0.15, 0.2) is 12.2 Å². The number of aliphatic carboxylic acids is 1. The van der Waals surface area contributed by atoms with Gasteiger partial charge in [-0.05, 0) is 6.92 Å². The normalized spacial score (nSPS) is 7.10. The van der Waals surface area contributed by atoms with Crippen LogP contribution in [0.25, 0.3) is 0 Å². The van der Waals surface area contributed by atoms with Crippen molar-refractivity contribution in [1.29, 1.82) is 0 Å². The zero-order valence-electron chi connectivity index (χ0n) is 6.26. The van der Waals surface area contributed by atoms with Gasteiger partial charge in [0.05, 0.1) is 0 Å². The van der Waals surface area contributed by atoms with Gasteiger partial charge in [0.15, 0.2) is 0 Å². The van der Waals surface area contributed by atoms with E-state index in [1.807, 2.05) is 0 Å². The van der Waals surface area contributed by atoms with Crippen LogP contribution < -0.4 is 0 Å². The third-order valence-corrected chi connectivity index (χ3v) is 1.87. The van der Waals surface area contributed by atoms with E-state index in [2.05, 4.69) is 18.8 Å². The molecule has 0 saturated carbocycles. The average molecular weight is 168 g/mol. The Kier molecular flexibility index (Phi) is 12.0. The molecule has 0 atom stereocenters. The van der Waals surface area contributed by atoms with Gasteiger partial charge in [0, 0.05) is 5.57 Å². The second-order valence-electron chi connectivity index (χ2n) is 1.66. The first-order chi connectivity index (χ1) is 4.56. The zero-order valence-corrected chi connectivity index (χ0v) is 9.07. The van der Waals surface area contributed by atoms with Gasteiger partial charge in [0.1, 0.15) is 0 Å². The molecule has 0 aliphatic rings. The number of hydrogen-bond acceptors (Lipinski definition) is 2. The Morgan fingerprint density at radius 2 is 2.10 bits per heavy atom. The van der Waals surface area contributed by atoms with Crippen molar-refractivity contribution in [3.05, 3.63) is 12.2 Å². The van der Waals surface area contributed by atoms with Gasteiger partial charge in [0.2, 0.25) is 0 Å². The van der Waals surface area contributed by atoms with Crippen LogP contribution in [0.1, 0.15) is 6.92 Å². The van der Waals surface area contributed by atoms with E-state index >= 15 is 0 Å². The number of carboxylic acids is 1. The Labute approximate surface area is 83.7 Å². The van der Waals surface area contributed by atoms with Gasteiger partial charge in [-0.2, -0.15) is 0 Å². The summed E-state index contributed by atoms with van der Waals surface area (Å²) in [6.07, 6.45) is 0. The number of thiocarbonyl (C=S) groups is 1. The standard InChI is InChI=1S/C4H6O2.C2H3S.Na/c1-3(2)4(5)6;1-2-3;/h1H2,2H3,(H,5,6);2H,1H2;. The maximum absolute atomic E-state index is 9.60. The first-order valence-corrected chi connectivity index (χ1v) is 4.77. The van der Waals surface area contributed by atoms with E-state index in [0.29, 0.717) is 0 Å². The molecule has 0 saturated heterocycles. The predicted molar refractivity (Wildman–Crippen MR) is 46.7 cm³/mol. The van der Waals surface area contributed by atoms with E-state index < -0.39 is 5.97 Å². The van der Waals surface area contributed by atoms with E-state index in [0.717, 1.165) is 3.67 Å². The van der Waals surface area contributed by atoms with Crippen molar-refractivity contribution in [3.63, 3.8) is 0 Å². The number of carboxylic acid groups (broad SMARTS) is 1. The minimum atomic E-state index is -0.935. The summed E-state index contributed by atoms with van der Waals surface area (Å²) in [5.41, 5.74) is 0.176. The van der Waals surface area contributed by atoms with Crippen LogP contribution in [0.4, 0.5) is 0 Å². The van der Waals surface area contributed by atoms with Gasteiger partial charge >= 0.3 is 55.2 Å². The molecule has 0 heterocycles. The number of carbonyl (C=O) groups is 1. The van der Waals surface area contributed by atoms with Crippen molar-refractivity contribution < 1.29 is 9.90 Å². The summed E-state index contributed by atoms with van der Waals surface area (Å²) in [6, 6.07) is 0. The summed E-state index contributed by atoms with van der Waals surface area (Å²) < 4.78 is 1.15. The molecule has 52 valence electrons. The second-order valence-corrected chi connectivity index (χ2v) is 2.81. The molecule has 4 heteroatoms. The van der Waals surface area contributed by atoms with E-state index in [9.17, 15) is 4.79 Å². The molecule has 0 unspecified atom stereocenters. The van der Waals surface area contributed by atoms with Crippen LogP contribution >= 0.6 is 12.2 Å². The molecule has 0 aromatic rings. The van der Waals surface area contributed by atoms with Crippen LogP contribution in [0.2, 0.25) is 3.67 Å². The van der Waals surface area contributed by atoms with Crippen molar-refractivity contribution in [2.24, 2.45) is 0 Å². The molecule has 0 aliphatic heterocycles. The van der Waals surface area contributed by atoms with Gasteiger partial charge in [0.25, 0.3) is 0 Å². The first-order valence-electron chi connectivity index (χ1n) is 2.88. The molecule has 0 aromatic carbocycles. The van der Waals surface area contributed by atoms with Crippen LogP contribution in [0, 0.1) is 0 Å². The summed E-state index contributed by atoms with van der Waals surface area (Å²) in [5.74, 6) is -0.935. The molecule has 0 amide bonds. The Bertz CT molecular complexity index is 122. The van der Waals surface area contributed by atoms with Crippen LogP contribution in [-0.2, 0) is 4.79 Å². The summed E-state index contributed by atoms with van der Waals surface area (Å²) >= 11 is 5.69. The molecule has 0 rings (SSSR count). The number of rotatable bonds is 2. The van der Waals surface area contributed by atoms with E-state index in [-0.39, 0.29) is 5.57 Å². The average Bonchev–Trinajstić information content (AvgIpc) is 1.89. The minimum absolute atomic E-state index is 0.176. The fourth-order valence-corrected chi connectivity index (χ4v) is 0. The van der Waals surface area contributed by atoms with Crippen molar-refractivity contribution in [1.82, 2.24) is 0 Å². The molecule has 0 aliphatic carbocycles. The second kappa shape index (κ2) is 9.30. The quantitative estimate of drug-likeness (QED) is 0.382. The monoisotopic (exact) mass is 168 g/mol. The number of hydrogen-bond donors (Lipinski definition) is 1. The Hall–Kier alpha value is 0.300. The fourth-order valence-electron chi connectivity index (χ4n) is 0. The van der Waals surface area contributed by atoms with Crippen LogP contribution in [0.3, 0.4) is 0 Å². The van der Waals surface area contributed by atoms with E-state index in [4.69, 9.17) is 5.11 Å². The molecule has 0 fully saturated rings. The molecule has 2 nitrogen and oxygen atoms in total. The predicted octanol–water partition coefficient (Wildman–Crippen LogP) is 1.22. The molecule has 1 N–H and O–H groups in total. The Balaban J connectivity index is 0. The topological polar surface area (TPSA) is 37.3 Å². The summed E-state index contributed by atoms with van der Waals surface area (Å²) in [5, 5.41) is 9.66. The Morgan fingerprint density at radius 3 is 2.10 bits per heavy atom. The van der Waals surface area contributed by atoms with Crippen LogP contribution in [-0.4, -0.2) is 44.4 Å². The summed E-state index contributed by atoms with van der Waals surface area (Å²) in [7, 11) is 0. The molecule has 0 spiro atoms. The zero-order chi connectivity index (χ0) is 8.57. The van der Waals surface area contributed by atoms with E-state index in [1.165, 1.54) is 34.9 Å². The summed E-state index contributed by atoms with van der Waals surface area (Å²) in [6.45, 7) is 4.60.